The van der Waals surface area contributed by atoms with Crippen LogP contribution in [0, 0.1) is 17.1 Å². The lowest BCUT2D eigenvalue weighted by atomic mass is 10.1. The molecule has 0 saturated heterocycles. The first kappa shape index (κ1) is 14.1. The van der Waals surface area contributed by atoms with Crippen molar-refractivity contribution in [1.82, 2.24) is 0 Å². The summed E-state index contributed by atoms with van der Waals surface area (Å²) in [6.45, 7) is 2.65. The fourth-order valence-corrected chi connectivity index (χ4v) is 2.19. The highest BCUT2D eigenvalue weighted by molar-refractivity contribution is 5.51. The summed E-state index contributed by atoms with van der Waals surface area (Å²) in [5.41, 5.74) is 3.44. The maximum atomic E-state index is 13.4. The van der Waals surface area contributed by atoms with E-state index in [1.807, 2.05) is 24.3 Å². The largest absolute Gasteiger partial charge is 0.381 e. The van der Waals surface area contributed by atoms with E-state index in [2.05, 4.69) is 18.3 Å². The van der Waals surface area contributed by atoms with E-state index >= 15 is 0 Å². The van der Waals surface area contributed by atoms with Crippen LogP contribution >= 0.6 is 0 Å². The van der Waals surface area contributed by atoms with Crippen molar-refractivity contribution in [1.29, 1.82) is 5.26 Å². The molecule has 0 heterocycles. The molecule has 0 aliphatic heterocycles. The van der Waals surface area contributed by atoms with Crippen molar-refractivity contribution >= 4 is 5.69 Å². The van der Waals surface area contributed by atoms with Gasteiger partial charge in [0.15, 0.2) is 0 Å². The van der Waals surface area contributed by atoms with Gasteiger partial charge in [0.2, 0.25) is 0 Å². The van der Waals surface area contributed by atoms with Crippen molar-refractivity contribution in [3.05, 3.63) is 65.0 Å². The van der Waals surface area contributed by atoms with Crippen molar-refractivity contribution in [2.45, 2.75) is 26.3 Å². The molecule has 0 bridgehead atoms. The molecular formula is C17H17FN2. The third kappa shape index (κ3) is 3.58. The Labute approximate surface area is 118 Å². The molecule has 0 aromatic heterocycles. The standard InChI is InChI=1S/C17H17FN2/c1-2-5-15-6-3-4-7-17(15)20-12-14-8-13(11-19)9-16(18)10-14/h3-4,6-10,20H,2,5,12H2,1H3. The van der Waals surface area contributed by atoms with E-state index in [1.54, 1.807) is 6.07 Å². The molecule has 20 heavy (non-hydrogen) atoms. The molecule has 1 N–H and O–H groups in total. The molecule has 0 aliphatic rings. The Balaban J connectivity index is 2.13. The van der Waals surface area contributed by atoms with Gasteiger partial charge in [-0.3, -0.25) is 0 Å². The average Bonchev–Trinajstić information content (AvgIpc) is 2.46. The van der Waals surface area contributed by atoms with Crippen molar-refractivity contribution in [3.8, 4) is 6.07 Å². The number of hydrogen-bond acceptors (Lipinski definition) is 2. The molecule has 102 valence electrons. The Morgan fingerprint density at radius 1 is 1.20 bits per heavy atom. The number of nitrogens with zero attached hydrogens (tertiary/aromatic N) is 1. The van der Waals surface area contributed by atoms with E-state index in [1.165, 1.54) is 17.7 Å². The van der Waals surface area contributed by atoms with Crippen LogP contribution in [0.2, 0.25) is 0 Å². The highest BCUT2D eigenvalue weighted by Crippen LogP contribution is 2.18. The minimum absolute atomic E-state index is 0.351. The van der Waals surface area contributed by atoms with E-state index in [4.69, 9.17) is 5.26 Å². The Bertz CT molecular complexity index is 629. The Morgan fingerprint density at radius 2 is 2.00 bits per heavy atom. The monoisotopic (exact) mass is 268 g/mol. The van der Waals surface area contributed by atoms with Crippen molar-refractivity contribution in [3.63, 3.8) is 0 Å². The lowest BCUT2D eigenvalue weighted by Gasteiger charge is -2.11. The van der Waals surface area contributed by atoms with Gasteiger partial charge in [0.05, 0.1) is 11.6 Å². The molecule has 0 saturated carbocycles. The third-order valence-electron chi connectivity index (χ3n) is 3.11. The normalized spacial score (nSPS) is 10.1. The Kier molecular flexibility index (Phi) is 4.73. The topological polar surface area (TPSA) is 35.8 Å². The van der Waals surface area contributed by atoms with Gasteiger partial charge >= 0.3 is 0 Å². The summed E-state index contributed by atoms with van der Waals surface area (Å²) < 4.78 is 13.4. The van der Waals surface area contributed by atoms with Gasteiger partial charge in [-0.2, -0.15) is 5.26 Å². The van der Waals surface area contributed by atoms with Crippen LogP contribution in [0.25, 0.3) is 0 Å². The van der Waals surface area contributed by atoms with Crippen LogP contribution in [0.5, 0.6) is 0 Å². The molecule has 2 rings (SSSR count). The van der Waals surface area contributed by atoms with Gasteiger partial charge < -0.3 is 5.32 Å². The summed E-state index contributed by atoms with van der Waals surface area (Å²) in [6.07, 6.45) is 2.09. The molecule has 2 aromatic rings. The zero-order valence-corrected chi connectivity index (χ0v) is 11.5. The second-order valence-electron chi connectivity index (χ2n) is 4.72. The molecule has 0 aliphatic carbocycles. The smallest absolute Gasteiger partial charge is 0.124 e. The highest BCUT2D eigenvalue weighted by atomic mass is 19.1. The van der Waals surface area contributed by atoms with E-state index in [9.17, 15) is 4.39 Å². The van der Waals surface area contributed by atoms with Gasteiger partial charge in [0.1, 0.15) is 5.82 Å². The first-order valence-electron chi connectivity index (χ1n) is 6.74. The van der Waals surface area contributed by atoms with Crippen molar-refractivity contribution in [2.75, 3.05) is 5.32 Å². The van der Waals surface area contributed by atoms with Crippen LogP contribution in [-0.2, 0) is 13.0 Å². The highest BCUT2D eigenvalue weighted by Gasteiger charge is 2.03. The van der Waals surface area contributed by atoms with Gasteiger partial charge in [0, 0.05) is 12.2 Å². The van der Waals surface area contributed by atoms with E-state index < -0.39 is 0 Å². The van der Waals surface area contributed by atoms with Gasteiger partial charge in [-0.1, -0.05) is 31.5 Å². The molecule has 0 atom stereocenters. The molecule has 0 amide bonds. The number of benzene rings is 2. The number of nitrogens with one attached hydrogen (secondary N) is 1. The lowest BCUT2D eigenvalue weighted by molar-refractivity contribution is 0.625. The predicted molar refractivity (Wildman–Crippen MR) is 78.9 cm³/mol. The molecule has 0 radical (unpaired) electrons. The first-order valence-corrected chi connectivity index (χ1v) is 6.74. The van der Waals surface area contributed by atoms with E-state index in [0.29, 0.717) is 12.1 Å². The summed E-state index contributed by atoms with van der Waals surface area (Å²) in [7, 11) is 0. The summed E-state index contributed by atoms with van der Waals surface area (Å²) >= 11 is 0. The van der Waals surface area contributed by atoms with E-state index in [-0.39, 0.29) is 5.82 Å². The van der Waals surface area contributed by atoms with Crippen molar-refractivity contribution < 1.29 is 4.39 Å². The minimum atomic E-state index is -0.373. The number of hydrogen-bond donors (Lipinski definition) is 1. The SMILES string of the molecule is CCCc1ccccc1NCc1cc(F)cc(C#N)c1. The van der Waals surface area contributed by atoms with Gasteiger partial charge in [0.25, 0.3) is 0 Å². The second kappa shape index (κ2) is 6.72. The van der Waals surface area contributed by atoms with Gasteiger partial charge in [-0.05, 0) is 41.8 Å². The molecule has 2 aromatic carbocycles. The van der Waals surface area contributed by atoms with Gasteiger partial charge in [-0.25, -0.2) is 4.39 Å². The molecule has 0 spiro atoms. The average molecular weight is 268 g/mol. The maximum Gasteiger partial charge on any atom is 0.124 e. The second-order valence-corrected chi connectivity index (χ2v) is 4.72. The predicted octanol–water partition coefficient (Wildman–Crippen LogP) is 4.26. The fourth-order valence-electron chi connectivity index (χ4n) is 2.19. The fraction of sp³-hybridized carbons (Fsp3) is 0.235. The molecule has 0 unspecified atom stereocenters. The van der Waals surface area contributed by atoms with Crippen LogP contribution < -0.4 is 5.32 Å². The molecule has 3 heteroatoms. The summed E-state index contributed by atoms with van der Waals surface area (Å²) in [4.78, 5) is 0. The number of anilines is 1. The summed E-state index contributed by atoms with van der Waals surface area (Å²) in [6, 6.07) is 14.5. The van der Waals surface area contributed by atoms with Crippen LogP contribution in [0.3, 0.4) is 0 Å². The Morgan fingerprint density at radius 3 is 2.75 bits per heavy atom. The molecular weight excluding hydrogens is 251 g/mol. The number of halogens is 1. The number of rotatable bonds is 5. The van der Waals surface area contributed by atoms with E-state index in [0.717, 1.165) is 24.1 Å². The maximum absolute atomic E-state index is 13.4. The number of aryl methyl sites for hydroxylation is 1. The molecule has 2 nitrogen and oxygen atoms in total. The van der Waals surface area contributed by atoms with Crippen molar-refractivity contribution in [2.24, 2.45) is 0 Å². The lowest BCUT2D eigenvalue weighted by Crippen LogP contribution is -2.03. The summed E-state index contributed by atoms with van der Waals surface area (Å²) in [5.74, 6) is -0.373. The van der Waals surface area contributed by atoms with Crippen LogP contribution in [0.4, 0.5) is 10.1 Å². The van der Waals surface area contributed by atoms with Crippen LogP contribution in [-0.4, -0.2) is 0 Å². The zero-order valence-electron chi connectivity index (χ0n) is 11.5. The Hall–Kier alpha value is -2.34. The first-order chi connectivity index (χ1) is 9.72. The van der Waals surface area contributed by atoms with Crippen LogP contribution in [0.15, 0.2) is 42.5 Å². The van der Waals surface area contributed by atoms with Gasteiger partial charge in [-0.15, -0.1) is 0 Å². The molecule has 0 fully saturated rings. The summed E-state index contributed by atoms with van der Waals surface area (Å²) in [5, 5.41) is 12.2. The zero-order chi connectivity index (χ0) is 14.4. The number of para-hydroxylation sites is 1. The van der Waals surface area contributed by atoms with Crippen LogP contribution in [0.1, 0.15) is 30.0 Å². The minimum Gasteiger partial charge on any atom is -0.381 e. The number of nitriles is 1. The quantitative estimate of drug-likeness (QED) is 0.879. The third-order valence-corrected chi connectivity index (χ3v) is 3.11.